The van der Waals surface area contributed by atoms with Crippen molar-refractivity contribution in [3.8, 4) is 39.1 Å². The number of anilines is 3. The second kappa shape index (κ2) is 13.4. The zero-order chi connectivity index (χ0) is 39.3. The number of hydrogen-bond acceptors (Lipinski definition) is 1. The Hall–Kier alpha value is -7.16. The highest BCUT2D eigenvalue weighted by molar-refractivity contribution is 6.09. The van der Waals surface area contributed by atoms with Crippen molar-refractivity contribution in [3.05, 3.63) is 218 Å². The van der Waals surface area contributed by atoms with Gasteiger partial charge in [-0.05, 0) is 105 Å². The van der Waals surface area contributed by atoms with Crippen LogP contribution in [0.25, 0.3) is 71.6 Å². The normalized spacial score (nSPS) is 12.4. The van der Waals surface area contributed by atoms with E-state index in [4.69, 9.17) is 0 Å². The molecule has 0 saturated heterocycles. The maximum Gasteiger partial charge on any atom is 0.0645 e. The first kappa shape index (κ1) is 27.5. The van der Waals surface area contributed by atoms with Crippen LogP contribution in [-0.2, 0) is 0 Å². The molecule has 0 amide bonds. The monoisotopic (exact) mass is 692 g/mol. The smallest absolute Gasteiger partial charge is 0.0645 e. The number of para-hydroxylation sites is 2. The van der Waals surface area contributed by atoms with E-state index in [0.717, 1.165) is 55.4 Å². The van der Waals surface area contributed by atoms with Gasteiger partial charge in [-0.2, -0.15) is 0 Å². The van der Waals surface area contributed by atoms with E-state index < -0.39 is 0 Å². The average Bonchev–Trinajstić information content (AvgIpc) is 3.62. The van der Waals surface area contributed by atoms with Crippen molar-refractivity contribution in [3.63, 3.8) is 0 Å². The molecule has 10 aromatic rings. The Labute approximate surface area is 321 Å². The van der Waals surface area contributed by atoms with Crippen LogP contribution >= 0.6 is 0 Å². The SMILES string of the molecule is [2H]c1c([2H])c(N(c2ccc(-c3ccccc3)cc2)c2ccc(-c3cccc(-n4c5ccccc5c5ccccc54)c3)cc2)c([2H])c([2H])c1-c1cccc2ccccc12. The van der Waals surface area contributed by atoms with Crippen molar-refractivity contribution >= 4 is 49.6 Å². The van der Waals surface area contributed by atoms with E-state index in [1.165, 1.54) is 10.8 Å². The summed E-state index contributed by atoms with van der Waals surface area (Å²) in [6, 6.07) is 65.1. The molecule has 0 aliphatic rings. The molecule has 0 bridgehead atoms. The van der Waals surface area contributed by atoms with E-state index >= 15 is 0 Å². The molecule has 2 nitrogen and oxygen atoms in total. The molecule has 254 valence electrons. The first-order chi connectivity index (χ1) is 28.5. The molecule has 1 aromatic heterocycles. The van der Waals surface area contributed by atoms with Crippen molar-refractivity contribution in [2.45, 2.75) is 0 Å². The quantitative estimate of drug-likeness (QED) is 0.161. The topological polar surface area (TPSA) is 8.17 Å². The van der Waals surface area contributed by atoms with Gasteiger partial charge in [0.25, 0.3) is 0 Å². The highest BCUT2D eigenvalue weighted by atomic mass is 15.1. The average molecular weight is 693 g/mol. The zero-order valence-corrected chi connectivity index (χ0v) is 29.4. The lowest BCUT2D eigenvalue weighted by Crippen LogP contribution is -2.09. The van der Waals surface area contributed by atoms with Gasteiger partial charge in [0, 0.05) is 33.5 Å². The molecule has 0 fully saturated rings. The third-order valence-electron chi connectivity index (χ3n) is 10.3. The number of hydrogen-bond donors (Lipinski definition) is 0. The van der Waals surface area contributed by atoms with Crippen LogP contribution in [-0.4, -0.2) is 4.57 Å². The van der Waals surface area contributed by atoms with Gasteiger partial charge in [-0.1, -0.05) is 158 Å². The minimum absolute atomic E-state index is 0.0863. The lowest BCUT2D eigenvalue weighted by atomic mass is 9.98. The Morgan fingerprint density at radius 2 is 0.852 bits per heavy atom. The first-order valence-electron chi connectivity index (χ1n) is 20.2. The fourth-order valence-corrected chi connectivity index (χ4v) is 7.66. The molecule has 54 heavy (non-hydrogen) atoms. The number of nitrogens with zero attached hydrogens (tertiary/aromatic N) is 2. The molecular weight excluding hydrogens is 653 g/mol. The lowest BCUT2D eigenvalue weighted by molar-refractivity contribution is 1.18. The number of fused-ring (bicyclic) bond motifs is 4. The minimum atomic E-state index is -0.112. The Morgan fingerprint density at radius 1 is 0.352 bits per heavy atom. The molecule has 9 aromatic carbocycles. The molecule has 2 heteroatoms. The van der Waals surface area contributed by atoms with Gasteiger partial charge in [0.2, 0.25) is 0 Å². The van der Waals surface area contributed by atoms with E-state index in [-0.39, 0.29) is 35.4 Å². The summed E-state index contributed by atoms with van der Waals surface area (Å²) in [6.07, 6.45) is 0. The summed E-state index contributed by atoms with van der Waals surface area (Å²) >= 11 is 0. The van der Waals surface area contributed by atoms with Crippen molar-refractivity contribution < 1.29 is 5.48 Å². The molecule has 0 unspecified atom stereocenters. The molecule has 0 saturated carbocycles. The van der Waals surface area contributed by atoms with E-state index in [1.807, 2.05) is 102 Å². The van der Waals surface area contributed by atoms with Crippen LogP contribution < -0.4 is 4.90 Å². The van der Waals surface area contributed by atoms with Crippen LogP contribution in [0, 0.1) is 0 Å². The predicted molar refractivity (Wildman–Crippen MR) is 229 cm³/mol. The maximum absolute atomic E-state index is 9.49. The summed E-state index contributed by atoms with van der Waals surface area (Å²) in [5.74, 6) is 0. The van der Waals surface area contributed by atoms with Crippen LogP contribution in [0.3, 0.4) is 0 Å². The Kier molecular flexibility index (Phi) is 6.84. The Morgan fingerprint density at radius 3 is 1.52 bits per heavy atom. The van der Waals surface area contributed by atoms with Gasteiger partial charge in [-0.25, -0.2) is 0 Å². The standard InChI is InChI=1S/C52H36N2/c1-2-12-37(13-3-1)38-24-30-43(31-25-38)53(45-34-28-41(29-35-45)48-21-11-15-40-14-4-5-18-47(40)48)44-32-26-39(27-33-44)42-16-10-17-46(36-42)54-51-22-8-6-19-49(51)50-20-7-9-23-52(50)54/h1-36H/i28D,29D,34D,35D. The van der Waals surface area contributed by atoms with Gasteiger partial charge >= 0.3 is 0 Å². The van der Waals surface area contributed by atoms with Crippen molar-refractivity contribution in [1.82, 2.24) is 4.57 Å². The summed E-state index contributed by atoms with van der Waals surface area (Å²) in [6.45, 7) is 0. The first-order valence-corrected chi connectivity index (χ1v) is 18.2. The van der Waals surface area contributed by atoms with E-state index in [0.29, 0.717) is 11.3 Å². The third kappa shape index (κ3) is 5.62. The van der Waals surface area contributed by atoms with Crippen LogP contribution in [0.2, 0.25) is 0 Å². The number of rotatable bonds is 7. The molecule has 10 rings (SSSR count). The van der Waals surface area contributed by atoms with Crippen LogP contribution in [0.1, 0.15) is 5.48 Å². The highest BCUT2D eigenvalue weighted by Crippen LogP contribution is 2.39. The van der Waals surface area contributed by atoms with E-state index in [9.17, 15) is 5.48 Å². The summed E-state index contributed by atoms with van der Waals surface area (Å²) < 4.78 is 40.0. The van der Waals surface area contributed by atoms with E-state index in [2.05, 4.69) is 102 Å². The van der Waals surface area contributed by atoms with Gasteiger partial charge in [-0.15, -0.1) is 0 Å². The van der Waals surface area contributed by atoms with E-state index in [1.54, 1.807) is 0 Å². The molecule has 0 spiro atoms. The van der Waals surface area contributed by atoms with Gasteiger partial charge in [0.05, 0.1) is 16.5 Å². The summed E-state index contributed by atoms with van der Waals surface area (Å²) in [7, 11) is 0. The maximum atomic E-state index is 9.49. The van der Waals surface area contributed by atoms with Crippen LogP contribution in [0.15, 0.2) is 218 Å². The lowest BCUT2D eigenvalue weighted by Gasteiger charge is -2.26. The fraction of sp³-hybridized carbons (Fsp3) is 0. The van der Waals surface area contributed by atoms with Crippen molar-refractivity contribution in [1.29, 1.82) is 0 Å². The van der Waals surface area contributed by atoms with Gasteiger partial charge < -0.3 is 9.47 Å². The molecule has 0 radical (unpaired) electrons. The van der Waals surface area contributed by atoms with Gasteiger partial charge in [-0.3, -0.25) is 0 Å². The minimum Gasteiger partial charge on any atom is -0.311 e. The van der Waals surface area contributed by atoms with Crippen LogP contribution in [0.4, 0.5) is 17.1 Å². The zero-order valence-electron chi connectivity index (χ0n) is 33.4. The number of benzene rings is 9. The second-order valence-corrected chi connectivity index (χ2v) is 13.5. The second-order valence-electron chi connectivity index (χ2n) is 13.5. The van der Waals surface area contributed by atoms with Crippen molar-refractivity contribution in [2.75, 3.05) is 4.90 Å². The number of aromatic nitrogens is 1. The molecule has 0 atom stereocenters. The molecule has 1 heterocycles. The Bertz CT molecular complexity index is 3070. The van der Waals surface area contributed by atoms with Gasteiger partial charge in [0.15, 0.2) is 0 Å². The third-order valence-corrected chi connectivity index (χ3v) is 10.3. The largest absolute Gasteiger partial charge is 0.311 e. The molecule has 0 aliphatic heterocycles. The summed E-state index contributed by atoms with van der Waals surface area (Å²) in [5, 5.41) is 4.28. The summed E-state index contributed by atoms with van der Waals surface area (Å²) in [4.78, 5) is 1.85. The Balaban J connectivity index is 1.10. The van der Waals surface area contributed by atoms with Crippen LogP contribution in [0.5, 0.6) is 0 Å². The van der Waals surface area contributed by atoms with Gasteiger partial charge in [0.1, 0.15) is 0 Å². The van der Waals surface area contributed by atoms with Crippen molar-refractivity contribution in [2.24, 2.45) is 0 Å². The molecular formula is C52H36N2. The molecule has 0 N–H and O–H groups in total. The highest BCUT2D eigenvalue weighted by Gasteiger charge is 2.16. The molecule has 0 aliphatic carbocycles. The predicted octanol–water partition coefficient (Wildman–Crippen LogP) is 14.4. The summed E-state index contributed by atoms with van der Waals surface area (Å²) in [5.41, 5.74) is 10.1. The fourth-order valence-electron chi connectivity index (χ4n) is 7.66.